The minimum atomic E-state index is -1.11. The van der Waals surface area contributed by atoms with Crippen molar-refractivity contribution in [3.63, 3.8) is 0 Å². The molecule has 6 rings (SSSR count). The lowest BCUT2D eigenvalue weighted by atomic mass is 10.0. The fourth-order valence-corrected chi connectivity index (χ4v) is 5.09. The molecule has 0 saturated carbocycles. The highest BCUT2D eigenvalue weighted by Crippen LogP contribution is 2.30. The molecule has 3 aliphatic rings. The van der Waals surface area contributed by atoms with E-state index in [2.05, 4.69) is 20.2 Å². The number of aromatic nitrogens is 4. The Kier molecular flexibility index (Phi) is 6.93. The number of allylic oxidation sites excluding steroid dienone is 1. The molecular formula is C31H22N6O8. The summed E-state index contributed by atoms with van der Waals surface area (Å²) in [6, 6.07) is 11.7. The SMILES string of the molecule is Cc1c(C=C/C=c2/c(C)c3c([nH]c2=O)=NN(c2ccc(C(=O)O)cc2)C3=O)c(O)[nH]c2nn(-c3ccc(OC=O)cc3)c(=O)c1-2. The standard InChI is InChI=1S/C31H22N6O8/c1-15-21(27(39)32-25-23(15)29(41)36(34-25)18-8-6-17(7-9-18)31(43)44)4-3-5-22-16(2)24-26(33-28(22)40)35-37(30(24)42)19-10-12-20(13-11-19)45-14-38/h3-14H,1-2H3,(H,43,44)(H,32,34,39)(H2,33,35,40)/b5-3?,21-4-. The van der Waals surface area contributed by atoms with Crippen LogP contribution in [0.5, 0.6) is 11.6 Å². The first-order valence-corrected chi connectivity index (χ1v) is 13.3. The van der Waals surface area contributed by atoms with Crippen molar-refractivity contribution in [2.45, 2.75) is 13.8 Å². The number of hydrogen-bond donors (Lipinski definition) is 4. The van der Waals surface area contributed by atoms with E-state index < -0.39 is 23.0 Å². The number of pyridine rings is 2. The number of rotatable bonds is 7. The molecule has 3 aromatic rings. The van der Waals surface area contributed by atoms with E-state index >= 15 is 0 Å². The van der Waals surface area contributed by atoms with Gasteiger partial charge in [-0.25, -0.2) is 4.79 Å². The van der Waals surface area contributed by atoms with Gasteiger partial charge in [-0.05, 0) is 85.7 Å². The maximum atomic E-state index is 13.3. The summed E-state index contributed by atoms with van der Waals surface area (Å²) >= 11 is 0. The van der Waals surface area contributed by atoms with Gasteiger partial charge in [0, 0.05) is 10.8 Å². The van der Waals surface area contributed by atoms with Gasteiger partial charge in [0.25, 0.3) is 23.5 Å². The van der Waals surface area contributed by atoms with E-state index in [0.717, 1.165) is 9.69 Å². The number of hydrogen-bond acceptors (Lipinski definition) is 9. The molecule has 0 saturated heterocycles. The number of carbonyl (C=O) groups is 3. The zero-order valence-electron chi connectivity index (χ0n) is 23.6. The maximum Gasteiger partial charge on any atom is 0.335 e. The normalized spacial score (nSPS) is 13.0. The number of aromatic hydroxyl groups is 1. The highest BCUT2D eigenvalue weighted by Gasteiger charge is 2.28. The van der Waals surface area contributed by atoms with E-state index in [0.29, 0.717) is 34.7 Å². The van der Waals surface area contributed by atoms with Gasteiger partial charge in [-0.1, -0.05) is 6.08 Å². The summed E-state index contributed by atoms with van der Waals surface area (Å²) in [5.74, 6) is -1.42. The largest absolute Gasteiger partial charge is 0.494 e. The lowest BCUT2D eigenvalue weighted by Gasteiger charge is -2.12. The Morgan fingerprint density at radius 2 is 1.62 bits per heavy atom. The van der Waals surface area contributed by atoms with Gasteiger partial charge >= 0.3 is 5.97 Å². The molecule has 1 aromatic heterocycles. The monoisotopic (exact) mass is 606 g/mol. The number of ether oxygens (including phenoxy) is 1. The predicted octanol–water partition coefficient (Wildman–Crippen LogP) is 1.60. The Morgan fingerprint density at radius 3 is 2.29 bits per heavy atom. The smallest absolute Gasteiger partial charge is 0.335 e. The van der Waals surface area contributed by atoms with Crippen LogP contribution in [-0.2, 0) is 4.79 Å². The Labute approximate surface area is 251 Å². The Hall–Kier alpha value is -6.57. The number of anilines is 1. The summed E-state index contributed by atoms with van der Waals surface area (Å²) < 4.78 is 5.93. The molecule has 0 radical (unpaired) electrons. The minimum absolute atomic E-state index is 0.0479. The van der Waals surface area contributed by atoms with Crippen molar-refractivity contribution in [2.75, 3.05) is 5.01 Å². The van der Waals surface area contributed by atoms with E-state index in [1.807, 2.05) is 0 Å². The van der Waals surface area contributed by atoms with Gasteiger partial charge in [-0.3, -0.25) is 19.2 Å². The van der Waals surface area contributed by atoms with Crippen LogP contribution in [0, 0.1) is 13.8 Å². The molecule has 0 atom stereocenters. The highest BCUT2D eigenvalue weighted by molar-refractivity contribution is 6.08. The third kappa shape index (κ3) is 4.85. The van der Waals surface area contributed by atoms with E-state index in [1.54, 1.807) is 26.0 Å². The Bertz CT molecular complexity index is 2280. The van der Waals surface area contributed by atoms with E-state index in [9.17, 15) is 29.1 Å². The van der Waals surface area contributed by atoms with Crippen LogP contribution < -0.4 is 31.6 Å². The number of aromatic amines is 2. The average molecular weight is 607 g/mol. The van der Waals surface area contributed by atoms with Gasteiger partial charge in [0.15, 0.2) is 17.2 Å². The highest BCUT2D eigenvalue weighted by atomic mass is 16.5. The number of nitrogens with one attached hydrogen (secondary N) is 2. The molecule has 14 heteroatoms. The number of aromatic carboxylic acids is 1. The first-order valence-electron chi connectivity index (χ1n) is 13.3. The minimum Gasteiger partial charge on any atom is -0.494 e. The van der Waals surface area contributed by atoms with Gasteiger partial charge in [0.1, 0.15) is 5.75 Å². The average Bonchev–Trinajstić information content (AvgIpc) is 3.52. The Balaban J connectivity index is 1.34. The molecule has 0 spiro atoms. The fraction of sp³-hybridized carbons (Fsp3) is 0.0645. The summed E-state index contributed by atoms with van der Waals surface area (Å²) in [4.78, 5) is 66.6. The van der Waals surface area contributed by atoms with E-state index in [1.165, 1.54) is 54.6 Å². The first-order chi connectivity index (χ1) is 21.6. The number of amides is 1. The molecule has 4 N–H and O–H groups in total. The van der Waals surface area contributed by atoms with Crippen LogP contribution >= 0.6 is 0 Å². The zero-order valence-corrected chi connectivity index (χ0v) is 23.6. The van der Waals surface area contributed by atoms with Crippen LogP contribution in [-0.4, -0.2) is 48.3 Å². The van der Waals surface area contributed by atoms with Crippen molar-refractivity contribution in [3.8, 4) is 28.7 Å². The van der Waals surface area contributed by atoms with Crippen LogP contribution in [0.15, 0.2) is 69.3 Å². The van der Waals surface area contributed by atoms with Gasteiger partial charge in [-0.2, -0.15) is 9.69 Å². The molecule has 45 heavy (non-hydrogen) atoms. The topological polar surface area (TPSA) is 200 Å². The predicted molar refractivity (Wildman–Crippen MR) is 160 cm³/mol. The summed E-state index contributed by atoms with van der Waals surface area (Å²) in [6.45, 7) is 3.55. The Morgan fingerprint density at radius 1 is 0.933 bits per heavy atom. The molecule has 4 heterocycles. The molecule has 14 nitrogen and oxygen atoms in total. The third-order valence-corrected chi connectivity index (χ3v) is 7.36. The number of H-pyrrole nitrogens is 2. The van der Waals surface area contributed by atoms with Gasteiger partial charge in [0.05, 0.1) is 28.1 Å². The van der Waals surface area contributed by atoms with Crippen molar-refractivity contribution >= 4 is 36.2 Å². The number of nitrogens with zero attached hydrogens (tertiary/aromatic N) is 4. The maximum absolute atomic E-state index is 13.3. The zero-order chi connectivity index (χ0) is 32.0. The molecule has 0 unspecified atom stereocenters. The quantitative estimate of drug-likeness (QED) is 0.199. The van der Waals surface area contributed by atoms with Crippen molar-refractivity contribution in [1.82, 2.24) is 19.7 Å². The number of benzene rings is 2. The number of fused-ring (bicyclic) bond motifs is 2. The van der Waals surface area contributed by atoms with Crippen molar-refractivity contribution in [3.05, 3.63) is 114 Å². The van der Waals surface area contributed by atoms with E-state index in [4.69, 9.17) is 9.84 Å². The summed E-state index contributed by atoms with van der Waals surface area (Å²) in [6.07, 6.45) is 4.49. The summed E-state index contributed by atoms with van der Waals surface area (Å²) in [7, 11) is 0. The summed E-state index contributed by atoms with van der Waals surface area (Å²) in [5, 5.41) is 29.6. The second-order valence-electron chi connectivity index (χ2n) is 9.97. The van der Waals surface area contributed by atoms with Gasteiger partial charge in [-0.15, -0.1) is 10.2 Å². The number of carboxylic acids is 1. The van der Waals surface area contributed by atoms with Crippen LogP contribution in [0.4, 0.5) is 5.69 Å². The molecule has 3 aliphatic heterocycles. The molecule has 1 amide bonds. The van der Waals surface area contributed by atoms with Crippen molar-refractivity contribution in [1.29, 1.82) is 0 Å². The molecule has 2 aromatic carbocycles. The van der Waals surface area contributed by atoms with Crippen LogP contribution in [0.2, 0.25) is 0 Å². The molecular weight excluding hydrogens is 584 g/mol. The summed E-state index contributed by atoms with van der Waals surface area (Å²) in [5.41, 5.74) is 1.40. The molecule has 0 fully saturated rings. The number of carboxylic acid groups (broad SMARTS) is 1. The molecule has 224 valence electrons. The fourth-order valence-electron chi connectivity index (χ4n) is 5.09. The second-order valence-corrected chi connectivity index (χ2v) is 9.97. The third-order valence-electron chi connectivity index (χ3n) is 7.36. The van der Waals surface area contributed by atoms with Gasteiger partial charge in [0.2, 0.25) is 0 Å². The van der Waals surface area contributed by atoms with E-state index in [-0.39, 0.29) is 44.7 Å². The molecule has 0 bridgehead atoms. The first kappa shape index (κ1) is 28.5. The number of carbonyl (C=O) groups excluding carboxylic acids is 2. The van der Waals surface area contributed by atoms with Crippen molar-refractivity contribution < 1.29 is 29.3 Å². The van der Waals surface area contributed by atoms with Crippen LogP contribution in [0.25, 0.3) is 29.2 Å². The van der Waals surface area contributed by atoms with Crippen LogP contribution in [0.1, 0.15) is 37.4 Å². The van der Waals surface area contributed by atoms with Crippen LogP contribution in [0.3, 0.4) is 0 Å². The second kappa shape index (κ2) is 10.9. The lowest BCUT2D eigenvalue weighted by molar-refractivity contribution is -0.120. The van der Waals surface area contributed by atoms with Crippen molar-refractivity contribution in [2.24, 2.45) is 5.10 Å². The van der Waals surface area contributed by atoms with Gasteiger partial charge < -0.3 is 24.9 Å². The molecule has 0 aliphatic carbocycles. The lowest BCUT2D eigenvalue weighted by Crippen LogP contribution is -2.38.